The second-order valence-corrected chi connectivity index (χ2v) is 7.21. The molecule has 0 aliphatic carbocycles. The van der Waals surface area contributed by atoms with Crippen LogP contribution in [0.25, 0.3) is 0 Å². The number of halogens is 1. The number of hydrogen-bond donors (Lipinski definition) is 0. The highest BCUT2D eigenvalue weighted by Gasteiger charge is 2.30. The lowest BCUT2D eigenvalue weighted by Gasteiger charge is -2.19. The number of nitrogens with zero attached hydrogens (tertiary/aromatic N) is 3. The van der Waals surface area contributed by atoms with Crippen LogP contribution in [-0.4, -0.2) is 53.7 Å². The quantitative estimate of drug-likeness (QED) is 0.452. The Morgan fingerprint density at radius 3 is 2.76 bits per heavy atom. The predicted molar refractivity (Wildman–Crippen MR) is 75.1 cm³/mol. The van der Waals surface area contributed by atoms with Gasteiger partial charge in [-0.2, -0.15) is 0 Å². The van der Waals surface area contributed by atoms with Gasteiger partial charge in [0.2, 0.25) is 5.15 Å². The molecule has 1 aromatic rings. The first-order valence-corrected chi connectivity index (χ1v) is 8.30. The summed E-state index contributed by atoms with van der Waals surface area (Å²) in [6.45, 7) is 0.243. The van der Waals surface area contributed by atoms with E-state index in [-0.39, 0.29) is 35.3 Å². The van der Waals surface area contributed by atoms with E-state index in [9.17, 15) is 23.3 Å². The highest BCUT2D eigenvalue weighted by Crippen LogP contribution is 2.27. The number of pyridine rings is 1. The minimum Gasteiger partial charge on any atom is -0.337 e. The lowest BCUT2D eigenvalue weighted by atomic mass is 10.2. The molecule has 1 amide bonds. The predicted octanol–water partition coefficient (Wildman–Crippen LogP) is 0.904. The van der Waals surface area contributed by atoms with Crippen molar-refractivity contribution in [2.24, 2.45) is 0 Å². The van der Waals surface area contributed by atoms with Gasteiger partial charge in [-0.15, -0.1) is 0 Å². The first-order chi connectivity index (χ1) is 9.82. The molecule has 0 N–H and O–H groups in total. The van der Waals surface area contributed by atoms with E-state index in [1.807, 2.05) is 0 Å². The third-order valence-electron chi connectivity index (χ3n) is 3.14. The molecule has 0 aromatic carbocycles. The summed E-state index contributed by atoms with van der Waals surface area (Å²) < 4.78 is 23.1. The molecule has 1 fully saturated rings. The highest BCUT2D eigenvalue weighted by atomic mass is 35.5. The van der Waals surface area contributed by atoms with Gasteiger partial charge in [0.1, 0.15) is 5.56 Å². The molecule has 0 atom stereocenters. The number of amides is 1. The first-order valence-electron chi connectivity index (χ1n) is 6.10. The molecular formula is C11H12ClN3O5S. The van der Waals surface area contributed by atoms with Crippen molar-refractivity contribution in [2.75, 3.05) is 24.6 Å². The summed E-state index contributed by atoms with van der Waals surface area (Å²) in [5.41, 5.74) is -0.740. The summed E-state index contributed by atoms with van der Waals surface area (Å²) in [7, 11) is -3.17. The lowest BCUT2D eigenvalue weighted by molar-refractivity contribution is -0.385. The zero-order chi connectivity index (χ0) is 15.6. The van der Waals surface area contributed by atoms with E-state index in [1.165, 1.54) is 17.2 Å². The Labute approximate surface area is 125 Å². The Hall–Kier alpha value is -1.74. The van der Waals surface area contributed by atoms with Gasteiger partial charge in [-0.05, 0) is 12.5 Å². The molecular weight excluding hydrogens is 322 g/mol. The number of nitro groups is 1. The Bertz CT molecular complexity index is 691. The molecule has 1 aromatic heterocycles. The second kappa shape index (κ2) is 5.94. The molecule has 10 heteroatoms. The van der Waals surface area contributed by atoms with E-state index in [4.69, 9.17) is 11.6 Å². The maximum atomic E-state index is 12.4. The number of sulfone groups is 1. The van der Waals surface area contributed by atoms with Crippen LogP contribution in [0.5, 0.6) is 0 Å². The number of hydrogen-bond acceptors (Lipinski definition) is 6. The van der Waals surface area contributed by atoms with Crippen LogP contribution in [-0.2, 0) is 9.84 Å². The second-order valence-electron chi connectivity index (χ2n) is 4.55. The Kier molecular flexibility index (Phi) is 4.43. The molecule has 0 saturated carbocycles. The molecule has 1 saturated heterocycles. The summed E-state index contributed by atoms with van der Waals surface area (Å²) in [5.74, 6) is -0.746. The number of rotatable bonds is 2. The van der Waals surface area contributed by atoms with Gasteiger partial charge in [0.05, 0.1) is 16.4 Å². The topological polar surface area (TPSA) is 110 Å². The van der Waals surface area contributed by atoms with Crippen LogP contribution in [0.4, 0.5) is 5.69 Å². The molecule has 8 nitrogen and oxygen atoms in total. The van der Waals surface area contributed by atoms with E-state index < -0.39 is 26.4 Å². The van der Waals surface area contributed by atoms with Gasteiger partial charge in [0, 0.05) is 19.3 Å². The third kappa shape index (κ3) is 3.48. The zero-order valence-corrected chi connectivity index (χ0v) is 12.4. The van der Waals surface area contributed by atoms with Crippen molar-refractivity contribution in [1.29, 1.82) is 0 Å². The standard InChI is InChI=1S/C11H12ClN3O5S/c12-10-9(15(17)18)8(2-3-13-10)11(16)14-4-1-6-21(19,20)7-5-14/h2-3H,1,4-7H2. The van der Waals surface area contributed by atoms with Gasteiger partial charge in [-0.1, -0.05) is 11.6 Å². The summed E-state index contributed by atoms with van der Waals surface area (Å²) in [6.07, 6.45) is 1.51. The van der Waals surface area contributed by atoms with Crippen molar-refractivity contribution in [3.05, 3.63) is 33.1 Å². The molecule has 2 rings (SSSR count). The van der Waals surface area contributed by atoms with Crippen molar-refractivity contribution in [2.45, 2.75) is 6.42 Å². The van der Waals surface area contributed by atoms with E-state index in [0.717, 1.165) is 0 Å². The largest absolute Gasteiger partial charge is 0.337 e. The third-order valence-corrected chi connectivity index (χ3v) is 5.13. The number of carbonyl (C=O) groups excluding carboxylic acids is 1. The van der Waals surface area contributed by atoms with Crippen LogP contribution in [0.15, 0.2) is 12.3 Å². The number of carbonyl (C=O) groups is 1. The van der Waals surface area contributed by atoms with Crippen LogP contribution in [0.3, 0.4) is 0 Å². The maximum Gasteiger partial charge on any atom is 0.319 e. The van der Waals surface area contributed by atoms with E-state index in [2.05, 4.69) is 4.98 Å². The average Bonchev–Trinajstić information content (AvgIpc) is 2.58. The smallest absolute Gasteiger partial charge is 0.319 e. The fourth-order valence-electron chi connectivity index (χ4n) is 2.09. The summed E-state index contributed by atoms with van der Waals surface area (Å²) in [4.78, 5) is 27.5. The Morgan fingerprint density at radius 1 is 1.38 bits per heavy atom. The van der Waals surface area contributed by atoms with E-state index >= 15 is 0 Å². The normalized spacial score (nSPS) is 18.0. The van der Waals surface area contributed by atoms with Gasteiger partial charge in [0.15, 0.2) is 9.84 Å². The lowest BCUT2D eigenvalue weighted by Crippen LogP contribution is -2.34. The van der Waals surface area contributed by atoms with Gasteiger partial charge >= 0.3 is 5.69 Å². The van der Waals surface area contributed by atoms with Crippen LogP contribution in [0.2, 0.25) is 5.15 Å². The Morgan fingerprint density at radius 2 is 2.10 bits per heavy atom. The van der Waals surface area contributed by atoms with Gasteiger partial charge in [-0.25, -0.2) is 13.4 Å². The molecule has 21 heavy (non-hydrogen) atoms. The average molecular weight is 334 g/mol. The van der Waals surface area contributed by atoms with Crippen molar-refractivity contribution in [1.82, 2.24) is 9.88 Å². The minimum atomic E-state index is -3.17. The van der Waals surface area contributed by atoms with E-state index in [0.29, 0.717) is 6.42 Å². The highest BCUT2D eigenvalue weighted by molar-refractivity contribution is 7.91. The van der Waals surface area contributed by atoms with Crippen molar-refractivity contribution in [3.8, 4) is 0 Å². The molecule has 1 aliphatic rings. The number of aromatic nitrogens is 1. The fourth-order valence-corrected chi connectivity index (χ4v) is 3.59. The molecule has 0 bridgehead atoms. The van der Waals surface area contributed by atoms with Crippen LogP contribution < -0.4 is 0 Å². The Balaban J connectivity index is 2.33. The van der Waals surface area contributed by atoms with E-state index in [1.54, 1.807) is 0 Å². The van der Waals surface area contributed by atoms with Crippen molar-refractivity contribution in [3.63, 3.8) is 0 Å². The summed E-state index contributed by atoms with van der Waals surface area (Å²) in [6, 6.07) is 1.21. The van der Waals surface area contributed by atoms with Crippen molar-refractivity contribution < 1.29 is 18.1 Å². The first kappa shape index (κ1) is 15.6. The minimum absolute atomic E-state index is 0.00990. The monoisotopic (exact) mass is 333 g/mol. The van der Waals surface area contributed by atoms with Crippen LogP contribution in [0.1, 0.15) is 16.8 Å². The van der Waals surface area contributed by atoms with Crippen LogP contribution in [0, 0.1) is 10.1 Å². The molecule has 1 aliphatic heterocycles. The molecule has 0 spiro atoms. The molecule has 114 valence electrons. The molecule has 0 radical (unpaired) electrons. The SMILES string of the molecule is O=C(c1ccnc(Cl)c1[N+](=O)[O-])N1CCCS(=O)(=O)CC1. The van der Waals surface area contributed by atoms with Gasteiger partial charge in [0.25, 0.3) is 5.91 Å². The zero-order valence-electron chi connectivity index (χ0n) is 10.9. The van der Waals surface area contributed by atoms with Crippen LogP contribution >= 0.6 is 11.6 Å². The molecule has 2 heterocycles. The van der Waals surface area contributed by atoms with Gasteiger partial charge < -0.3 is 4.90 Å². The summed E-state index contributed by atoms with van der Waals surface area (Å²) >= 11 is 5.67. The van der Waals surface area contributed by atoms with Gasteiger partial charge in [-0.3, -0.25) is 14.9 Å². The fraction of sp³-hybridized carbons (Fsp3) is 0.455. The maximum absolute atomic E-state index is 12.4. The summed E-state index contributed by atoms with van der Waals surface area (Å²) in [5, 5.41) is 10.6. The molecule has 0 unspecified atom stereocenters. The van der Waals surface area contributed by atoms with Crippen molar-refractivity contribution >= 4 is 33.0 Å².